The molecule has 250 valence electrons. The molecule has 11 rings (SSSR count). The van der Waals surface area contributed by atoms with Crippen LogP contribution in [0.3, 0.4) is 0 Å². The molecule has 0 N–H and O–H groups in total. The molecule has 0 saturated carbocycles. The Morgan fingerprint density at radius 2 is 0.685 bits per heavy atom. The molecule has 0 heterocycles. The van der Waals surface area contributed by atoms with Gasteiger partial charge in [0.05, 0.1) is 0 Å². The van der Waals surface area contributed by atoms with Crippen LogP contribution in [-0.4, -0.2) is 0 Å². The van der Waals surface area contributed by atoms with Crippen LogP contribution in [0.1, 0.15) is 0 Å². The summed E-state index contributed by atoms with van der Waals surface area (Å²) in [7, 11) is 0. The Balaban J connectivity index is 1.29. The van der Waals surface area contributed by atoms with E-state index < -0.39 is 0 Å². The molecule has 0 nitrogen and oxygen atoms in total. The maximum Gasteiger partial charge on any atom is -0.00199 e. The van der Waals surface area contributed by atoms with Crippen LogP contribution in [0, 0.1) is 0 Å². The van der Waals surface area contributed by atoms with Crippen molar-refractivity contribution in [3.8, 4) is 44.5 Å². The fraction of sp³-hybridized carbons (Fsp3) is 0. The molecule has 11 aromatic carbocycles. The van der Waals surface area contributed by atoms with Crippen LogP contribution in [0.4, 0.5) is 0 Å². The molecule has 0 aliphatic carbocycles. The van der Waals surface area contributed by atoms with Crippen LogP contribution in [0.15, 0.2) is 206 Å². The van der Waals surface area contributed by atoms with Crippen molar-refractivity contribution in [1.29, 1.82) is 0 Å². The number of hydrogen-bond donors (Lipinski definition) is 0. The summed E-state index contributed by atoms with van der Waals surface area (Å²) in [5.74, 6) is 0. The van der Waals surface area contributed by atoms with Crippen molar-refractivity contribution < 1.29 is 0 Å². The zero-order valence-electron chi connectivity index (χ0n) is 29.6. The van der Waals surface area contributed by atoms with Crippen LogP contribution >= 0.6 is 0 Å². The molecule has 54 heavy (non-hydrogen) atoms. The first kappa shape index (κ1) is 30.6. The summed E-state index contributed by atoms with van der Waals surface area (Å²) < 4.78 is 0. The number of rotatable bonds is 4. The summed E-state index contributed by atoms with van der Waals surface area (Å²) in [6.07, 6.45) is 0. The van der Waals surface area contributed by atoms with Crippen LogP contribution < -0.4 is 0 Å². The molecule has 0 amide bonds. The van der Waals surface area contributed by atoms with Gasteiger partial charge in [-0.25, -0.2) is 0 Å². The lowest BCUT2D eigenvalue weighted by Crippen LogP contribution is -1.94. The molecule has 0 aliphatic heterocycles. The second-order valence-corrected chi connectivity index (χ2v) is 14.4. The first-order chi connectivity index (χ1) is 26.8. The molecule has 0 heteroatoms. The maximum atomic E-state index is 2.45. The summed E-state index contributed by atoms with van der Waals surface area (Å²) >= 11 is 0. The molecule has 11 aromatic rings. The Labute approximate surface area is 314 Å². The van der Waals surface area contributed by atoms with Crippen molar-refractivity contribution in [2.24, 2.45) is 0 Å². The monoisotopic (exact) mass is 682 g/mol. The molecule has 0 radical (unpaired) electrons. The quantitative estimate of drug-likeness (QED) is 0.128. The summed E-state index contributed by atoms with van der Waals surface area (Å²) in [5, 5.41) is 15.1. The molecular formula is C54H34. The van der Waals surface area contributed by atoms with E-state index in [1.54, 1.807) is 0 Å². The second-order valence-electron chi connectivity index (χ2n) is 14.4. The van der Waals surface area contributed by atoms with E-state index in [1.165, 1.54) is 109 Å². The Morgan fingerprint density at radius 3 is 1.48 bits per heavy atom. The van der Waals surface area contributed by atoms with Crippen molar-refractivity contribution in [2.75, 3.05) is 0 Å². The minimum absolute atomic E-state index is 1.21. The van der Waals surface area contributed by atoms with Crippen LogP contribution in [0.25, 0.3) is 109 Å². The van der Waals surface area contributed by atoms with Crippen molar-refractivity contribution >= 4 is 64.6 Å². The van der Waals surface area contributed by atoms with Gasteiger partial charge < -0.3 is 0 Å². The Hall–Kier alpha value is -7.02. The van der Waals surface area contributed by atoms with Crippen LogP contribution in [0.2, 0.25) is 0 Å². The first-order valence-electron chi connectivity index (χ1n) is 18.8. The minimum atomic E-state index is 1.21. The van der Waals surface area contributed by atoms with Gasteiger partial charge in [-0.05, 0) is 127 Å². The molecule has 0 fully saturated rings. The van der Waals surface area contributed by atoms with E-state index in [2.05, 4.69) is 206 Å². The van der Waals surface area contributed by atoms with Crippen LogP contribution in [-0.2, 0) is 0 Å². The normalized spacial score (nSPS) is 11.7. The van der Waals surface area contributed by atoms with Gasteiger partial charge in [-0.3, -0.25) is 0 Å². The average molecular weight is 683 g/mol. The lowest BCUT2D eigenvalue weighted by atomic mass is 9.81. The number of fused-ring (bicyclic) bond motifs is 7. The fourth-order valence-corrected chi connectivity index (χ4v) is 8.96. The van der Waals surface area contributed by atoms with Gasteiger partial charge in [0, 0.05) is 0 Å². The van der Waals surface area contributed by atoms with Gasteiger partial charge >= 0.3 is 0 Å². The van der Waals surface area contributed by atoms with Gasteiger partial charge in [-0.15, -0.1) is 0 Å². The molecule has 0 bridgehead atoms. The molecular weight excluding hydrogens is 649 g/mol. The predicted molar refractivity (Wildman–Crippen MR) is 233 cm³/mol. The predicted octanol–water partition coefficient (Wildman–Crippen LogP) is 15.3. The van der Waals surface area contributed by atoms with Crippen molar-refractivity contribution in [3.63, 3.8) is 0 Å². The van der Waals surface area contributed by atoms with E-state index in [0.29, 0.717) is 0 Å². The third-order valence-corrected chi connectivity index (χ3v) is 11.4. The van der Waals surface area contributed by atoms with Gasteiger partial charge in [-0.1, -0.05) is 188 Å². The highest BCUT2D eigenvalue weighted by atomic mass is 14.2. The third-order valence-electron chi connectivity index (χ3n) is 11.4. The van der Waals surface area contributed by atoms with Gasteiger partial charge in [0.1, 0.15) is 0 Å². The second kappa shape index (κ2) is 12.3. The SMILES string of the molecule is c1ccc(-c2c3ccccc3c(-c3cc4ccccc4c4ccccc34)c3ccc(-c4ccc5ccccc5c4)cc23)c(-c2cccc3ccccc23)c1. The Bertz CT molecular complexity index is 3270. The average Bonchev–Trinajstić information content (AvgIpc) is 3.25. The Morgan fingerprint density at radius 1 is 0.185 bits per heavy atom. The molecule has 0 saturated heterocycles. The molecule has 0 atom stereocenters. The summed E-state index contributed by atoms with van der Waals surface area (Å²) in [5.41, 5.74) is 9.95. The molecule has 0 aromatic heterocycles. The first-order valence-corrected chi connectivity index (χ1v) is 18.8. The largest absolute Gasteiger partial charge is 0.0616 e. The highest BCUT2D eigenvalue weighted by Crippen LogP contribution is 2.49. The lowest BCUT2D eigenvalue weighted by Gasteiger charge is -2.22. The topological polar surface area (TPSA) is 0 Å². The summed E-state index contributed by atoms with van der Waals surface area (Å²) in [6.45, 7) is 0. The van der Waals surface area contributed by atoms with Gasteiger partial charge in [0.15, 0.2) is 0 Å². The zero-order valence-corrected chi connectivity index (χ0v) is 29.6. The van der Waals surface area contributed by atoms with Crippen molar-refractivity contribution in [3.05, 3.63) is 206 Å². The highest BCUT2D eigenvalue weighted by molar-refractivity contribution is 6.27. The van der Waals surface area contributed by atoms with Crippen LogP contribution in [0.5, 0.6) is 0 Å². The maximum absolute atomic E-state index is 2.45. The molecule has 0 unspecified atom stereocenters. The van der Waals surface area contributed by atoms with E-state index >= 15 is 0 Å². The zero-order chi connectivity index (χ0) is 35.6. The standard InChI is InChI=1S/C54H34/c1-2-16-37-32-38(29-28-35(37)14-1)39-30-31-50-52(33-39)53(47-24-10-9-22-45(47)44-27-13-18-36-15-3-5-19-41(36)44)48-25-11-12-26-49(48)54(50)51-34-40-17-4-6-20-42(40)43-21-7-8-23-46(43)51/h1-34H. The van der Waals surface area contributed by atoms with E-state index in [9.17, 15) is 0 Å². The summed E-state index contributed by atoms with van der Waals surface area (Å²) in [6, 6.07) is 76.3. The minimum Gasteiger partial charge on any atom is -0.0616 e. The third kappa shape index (κ3) is 4.78. The van der Waals surface area contributed by atoms with Gasteiger partial charge in [-0.2, -0.15) is 0 Å². The summed E-state index contributed by atoms with van der Waals surface area (Å²) in [4.78, 5) is 0. The smallest absolute Gasteiger partial charge is 0.00199 e. The molecule has 0 spiro atoms. The van der Waals surface area contributed by atoms with E-state index in [4.69, 9.17) is 0 Å². The van der Waals surface area contributed by atoms with Crippen molar-refractivity contribution in [2.45, 2.75) is 0 Å². The lowest BCUT2D eigenvalue weighted by molar-refractivity contribution is 1.63. The number of benzene rings is 11. The Kier molecular flexibility index (Phi) is 6.97. The van der Waals surface area contributed by atoms with E-state index in [-0.39, 0.29) is 0 Å². The van der Waals surface area contributed by atoms with E-state index in [0.717, 1.165) is 0 Å². The van der Waals surface area contributed by atoms with Gasteiger partial charge in [0.25, 0.3) is 0 Å². The van der Waals surface area contributed by atoms with E-state index in [1.807, 2.05) is 0 Å². The fourth-order valence-electron chi connectivity index (χ4n) is 8.96. The highest BCUT2D eigenvalue weighted by Gasteiger charge is 2.22. The van der Waals surface area contributed by atoms with Crippen molar-refractivity contribution in [1.82, 2.24) is 0 Å². The number of hydrogen-bond acceptors (Lipinski definition) is 0. The molecule has 0 aliphatic rings. The van der Waals surface area contributed by atoms with Gasteiger partial charge in [0.2, 0.25) is 0 Å².